The van der Waals surface area contributed by atoms with Crippen molar-refractivity contribution in [1.29, 1.82) is 5.26 Å². The molecule has 0 bridgehead atoms. The van der Waals surface area contributed by atoms with Gasteiger partial charge in [-0.15, -0.1) is 11.3 Å². The lowest BCUT2D eigenvalue weighted by Gasteiger charge is -2.19. The van der Waals surface area contributed by atoms with Crippen molar-refractivity contribution < 1.29 is 0 Å². The number of hydrogen-bond acceptors (Lipinski definition) is 5. The molecule has 1 unspecified atom stereocenters. The molecule has 0 fully saturated rings. The van der Waals surface area contributed by atoms with Crippen LogP contribution in [0.4, 0.5) is 5.82 Å². The quantitative estimate of drug-likeness (QED) is 0.714. The highest BCUT2D eigenvalue weighted by Gasteiger charge is 2.15. The fraction of sp³-hybridized carbons (Fsp3) is 0.278. The number of aryl methyl sites for hydroxylation is 1. The minimum atomic E-state index is 0.0681. The van der Waals surface area contributed by atoms with Crippen molar-refractivity contribution in [3.05, 3.63) is 53.2 Å². The first-order valence-corrected chi connectivity index (χ1v) is 8.62. The molecule has 0 amide bonds. The van der Waals surface area contributed by atoms with E-state index in [9.17, 15) is 0 Å². The molecule has 0 aliphatic carbocycles. The van der Waals surface area contributed by atoms with Crippen LogP contribution in [0.3, 0.4) is 0 Å². The Hall–Kier alpha value is -2.45. The predicted molar refractivity (Wildman–Crippen MR) is 94.4 cm³/mol. The first-order chi connectivity index (χ1) is 11.3. The van der Waals surface area contributed by atoms with Crippen LogP contribution in [0.15, 0.2) is 41.8 Å². The van der Waals surface area contributed by atoms with Gasteiger partial charge < -0.3 is 5.32 Å². The lowest BCUT2D eigenvalue weighted by molar-refractivity contribution is 0.705. The summed E-state index contributed by atoms with van der Waals surface area (Å²) in [5.41, 5.74) is 1.17. The number of nitriles is 1. The number of nitrogens with zero attached hydrogens (tertiary/aromatic N) is 3. The predicted octanol–water partition coefficient (Wildman–Crippen LogP) is 4.71. The van der Waals surface area contributed by atoms with Crippen LogP contribution >= 0.6 is 11.3 Å². The van der Waals surface area contributed by atoms with Gasteiger partial charge in [0.2, 0.25) is 0 Å². The normalized spacial score (nSPS) is 12.0. The molecule has 0 aliphatic heterocycles. The molecule has 1 aromatic carbocycles. The Morgan fingerprint density at radius 1 is 1.22 bits per heavy atom. The average Bonchev–Trinajstić information content (AvgIpc) is 3.07. The van der Waals surface area contributed by atoms with Crippen LogP contribution < -0.4 is 5.32 Å². The number of aromatic nitrogens is 2. The fourth-order valence-corrected chi connectivity index (χ4v) is 3.33. The van der Waals surface area contributed by atoms with Crippen LogP contribution in [0.1, 0.15) is 37.2 Å². The maximum atomic E-state index is 8.95. The zero-order valence-corrected chi connectivity index (χ0v) is 13.8. The Labute approximate surface area is 139 Å². The molecule has 0 spiro atoms. The van der Waals surface area contributed by atoms with E-state index in [2.05, 4.69) is 40.4 Å². The van der Waals surface area contributed by atoms with Crippen molar-refractivity contribution in [1.82, 2.24) is 9.97 Å². The Kier molecular flexibility index (Phi) is 4.84. The summed E-state index contributed by atoms with van der Waals surface area (Å²) in [7, 11) is 0. The van der Waals surface area contributed by atoms with E-state index in [1.165, 1.54) is 5.56 Å². The first kappa shape index (κ1) is 15.4. The van der Waals surface area contributed by atoms with E-state index in [1.54, 1.807) is 11.3 Å². The van der Waals surface area contributed by atoms with Crippen LogP contribution in [-0.2, 0) is 6.42 Å². The third kappa shape index (κ3) is 3.49. The van der Waals surface area contributed by atoms with Crippen LogP contribution in [0, 0.1) is 11.3 Å². The molecule has 4 nitrogen and oxygen atoms in total. The topological polar surface area (TPSA) is 61.6 Å². The van der Waals surface area contributed by atoms with Crippen LogP contribution in [-0.4, -0.2) is 9.97 Å². The molecule has 0 saturated carbocycles. The van der Waals surface area contributed by atoms with Gasteiger partial charge in [-0.2, -0.15) is 5.26 Å². The minimum Gasteiger partial charge on any atom is -0.363 e. The Morgan fingerprint density at radius 3 is 2.78 bits per heavy atom. The van der Waals surface area contributed by atoms with Gasteiger partial charge in [-0.05, 0) is 23.4 Å². The molecule has 1 N–H and O–H groups in total. The average molecular weight is 322 g/mol. The van der Waals surface area contributed by atoms with Crippen molar-refractivity contribution in [2.24, 2.45) is 0 Å². The van der Waals surface area contributed by atoms with Gasteiger partial charge >= 0.3 is 0 Å². The van der Waals surface area contributed by atoms with E-state index >= 15 is 0 Å². The van der Waals surface area contributed by atoms with Gasteiger partial charge in [-0.1, -0.05) is 37.3 Å². The van der Waals surface area contributed by atoms with Crippen molar-refractivity contribution in [2.45, 2.75) is 32.2 Å². The second kappa shape index (κ2) is 7.21. The van der Waals surface area contributed by atoms with E-state index in [4.69, 9.17) is 5.26 Å². The molecular formula is C18H18N4S. The summed E-state index contributed by atoms with van der Waals surface area (Å²) in [5, 5.41) is 15.6. The van der Waals surface area contributed by atoms with E-state index in [1.807, 2.05) is 29.6 Å². The highest BCUT2D eigenvalue weighted by atomic mass is 32.1. The highest BCUT2D eigenvalue weighted by Crippen LogP contribution is 2.30. The Balaban J connectivity index is 1.96. The third-order valence-corrected chi connectivity index (χ3v) is 4.55. The van der Waals surface area contributed by atoms with Crippen molar-refractivity contribution in [2.75, 3.05) is 5.32 Å². The van der Waals surface area contributed by atoms with Gasteiger partial charge in [0.05, 0.1) is 17.5 Å². The van der Waals surface area contributed by atoms with Gasteiger partial charge in [0.25, 0.3) is 0 Å². The summed E-state index contributed by atoms with van der Waals surface area (Å²) in [6.07, 6.45) is 2.05. The molecule has 23 heavy (non-hydrogen) atoms. The molecule has 1 atom stereocenters. The van der Waals surface area contributed by atoms with E-state index in [-0.39, 0.29) is 6.04 Å². The lowest BCUT2D eigenvalue weighted by atomic mass is 10.0. The van der Waals surface area contributed by atoms with E-state index in [0.29, 0.717) is 6.42 Å². The largest absolute Gasteiger partial charge is 0.363 e. The molecule has 5 heteroatoms. The smallest absolute Gasteiger partial charge is 0.138 e. The minimum absolute atomic E-state index is 0.0681. The van der Waals surface area contributed by atoms with E-state index < -0.39 is 0 Å². The van der Waals surface area contributed by atoms with Gasteiger partial charge in [-0.25, -0.2) is 9.97 Å². The van der Waals surface area contributed by atoms with Crippen molar-refractivity contribution in [3.8, 4) is 6.07 Å². The highest BCUT2D eigenvalue weighted by molar-refractivity contribution is 7.16. The van der Waals surface area contributed by atoms with Crippen LogP contribution in [0.25, 0.3) is 10.2 Å². The number of benzene rings is 1. The molecule has 0 saturated heterocycles. The Bertz CT molecular complexity index is 820. The lowest BCUT2D eigenvalue weighted by Crippen LogP contribution is -2.13. The number of nitrogens with one attached hydrogen (secondary N) is 1. The monoisotopic (exact) mass is 322 g/mol. The maximum absolute atomic E-state index is 8.95. The zero-order chi connectivity index (χ0) is 16.1. The fourth-order valence-electron chi connectivity index (χ4n) is 2.55. The standard InChI is InChI=1S/C18H18N4S/c1-2-16-21-17(14-10-12-23-18(14)22-16)20-15(9-6-11-19)13-7-4-3-5-8-13/h3-5,7-8,10,12,15H,2,6,9H2,1H3,(H,20,21,22). The molecule has 0 radical (unpaired) electrons. The van der Waals surface area contributed by atoms with Crippen LogP contribution in [0.5, 0.6) is 0 Å². The number of rotatable bonds is 6. The first-order valence-electron chi connectivity index (χ1n) is 7.74. The molecule has 0 aliphatic rings. The Morgan fingerprint density at radius 2 is 2.04 bits per heavy atom. The summed E-state index contributed by atoms with van der Waals surface area (Å²) >= 11 is 1.63. The van der Waals surface area contributed by atoms with Gasteiger partial charge in [0, 0.05) is 12.8 Å². The summed E-state index contributed by atoms with van der Waals surface area (Å²) in [6.45, 7) is 2.06. The second-order valence-corrected chi connectivity index (χ2v) is 6.18. The van der Waals surface area contributed by atoms with Crippen molar-refractivity contribution >= 4 is 27.4 Å². The van der Waals surface area contributed by atoms with Gasteiger partial charge in [0.1, 0.15) is 16.5 Å². The molecule has 3 aromatic rings. The number of fused-ring (bicyclic) bond motifs is 1. The second-order valence-electron chi connectivity index (χ2n) is 5.29. The zero-order valence-electron chi connectivity index (χ0n) is 13.0. The summed E-state index contributed by atoms with van der Waals surface area (Å²) in [5.74, 6) is 1.70. The van der Waals surface area contributed by atoms with Crippen molar-refractivity contribution in [3.63, 3.8) is 0 Å². The number of anilines is 1. The molecule has 2 aromatic heterocycles. The molecule has 116 valence electrons. The van der Waals surface area contributed by atoms with Gasteiger partial charge in [0.15, 0.2) is 0 Å². The third-order valence-electron chi connectivity index (χ3n) is 3.75. The maximum Gasteiger partial charge on any atom is 0.138 e. The summed E-state index contributed by atoms with van der Waals surface area (Å²) in [4.78, 5) is 10.2. The van der Waals surface area contributed by atoms with Gasteiger partial charge in [-0.3, -0.25) is 0 Å². The van der Waals surface area contributed by atoms with Crippen LogP contribution in [0.2, 0.25) is 0 Å². The van der Waals surface area contributed by atoms with E-state index in [0.717, 1.165) is 34.7 Å². The SMILES string of the molecule is CCc1nc(NC(CCC#N)c2ccccc2)c2ccsc2n1. The molecular weight excluding hydrogens is 304 g/mol. The number of thiophene rings is 1. The summed E-state index contributed by atoms with van der Waals surface area (Å²) < 4.78 is 0. The molecule has 2 heterocycles. The number of hydrogen-bond donors (Lipinski definition) is 1. The molecule has 3 rings (SSSR count). The summed E-state index contributed by atoms with van der Waals surface area (Å²) in [6, 6.07) is 14.6.